The maximum Gasteiger partial charge on any atom is 1.00 e. The van der Waals surface area contributed by atoms with E-state index in [1.165, 1.54) is 36.4 Å². The summed E-state index contributed by atoms with van der Waals surface area (Å²) in [6, 6.07) is 32.4. The molecule has 0 spiro atoms. The molecule has 4 heterocycles. The fourth-order valence-electron chi connectivity index (χ4n) is 8.68. The van der Waals surface area contributed by atoms with Crippen molar-refractivity contribution in [3.63, 3.8) is 0 Å². The molecule has 0 aliphatic carbocycles. The van der Waals surface area contributed by atoms with Gasteiger partial charge >= 0.3 is 59.1 Å². The molecule has 0 bridgehead atoms. The first-order valence-electron chi connectivity index (χ1n) is 23.3. The van der Waals surface area contributed by atoms with Crippen molar-refractivity contribution < 1.29 is 108 Å². The number of hydrogen-bond acceptors (Lipinski definition) is 12. The quantitative estimate of drug-likeness (QED) is 0.0346. The van der Waals surface area contributed by atoms with Crippen molar-refractivity contribution >= 4 is 69.1 Å². The van der Waals surface area contributed by atoms with Crippen LogP contribution < -0.4 is 101 Å². The van der Waals surface area contributed by atoms with Gasteiger partial charge in [-0.05, 0) is 124 Å². The van der Waals surface area contributed by atoms with Gasteiger partial charge in [0, 0.05) is 68.3 Å². The van der Waals surface area contributed by atoms with Gasteiger partial charge in [-0.25, -0.2) is 0 Å². The second-order valence-electron chi connectivity index (χ2n) is 17.2. The Kier molecular flexibility index (Phi) is 19.1. The Morgan fingerprint density at radius 2 is 0.878 bits per heavy atom. The number of fused-ring (bicyclic) bond motifs is 2. The van der Waals surface area contributed by atoms with Gasteiger partial charge < -0.3 is 60.2 Å². The minimum atomic E-state index is -1.49. The molecule has 18 heteroatoms. The van der Waals surface area contributed by atoms with Crippen LogP contribution in [0.15, 0.2) is 134 Å². The Morgan fingerprint density at radius 1 is 0.486 bits per heavy atom. The Morgan fingerprint density at radius 3 is 1.27 bits per heavy atom. The molecule has 8 rings (SSSR count). The molecule has 0 saturated heterocycles. The molecule has 4 aromatic heterocycles. The van der Waals surface area contributed by atoms with Crippen molar-refractivity contribution in [2.24, 2.45) is 0 Å². The predicted molar refractivity (Wildman–Crippen MR) is 269 cm³/mol. The number of ketones is 2. The number of pyridine rings is 2. The first-order chi connectivity index (χ1) is 34.7. The zero-order chi connectivity index (χ0) is 51.1. The van der Waals surface area contributed by atoms with E-state index in [1.807, 2.05) is 0 Å². The van der Waals surface area contributed by atoms with Gasteiger partial charge in [0.05, 0.1) is 58.9 Å². The number of nitrogens with one attached hydrogen (secondary N) is 2. The topological polar surface area (TPSA) is 252 Å². The Labute approximate surface area is 470 Å². The molecule has 0 radical (unpaired) electrons. The number of nitrogens with zero attached hydrogens (tertiary/aromatic N) is 2. The predicted octanol–water partition coefficient (Wildman–Crippen LogP) is 1.47. The molecule has 0 aliphatic heterocycles. The summed E-state index contributed by atoms with van der Waals surface area (Å²) in [5, 5.41) is 29.1. The number of ether oxygens (including phenoxy) is 2. The number of carboxylic acid groups (broad SMARTS) is 2. The van der Waals surface area contributed by atoms with Crippen molar-refractivity contribution in [1.82, 2.24) is 8.80 Å². The summed E-state index contributed by atoms with van der Waals surface area (Å²) in [7, 11) is 0. The summed E-state index contributed by atoms with van der Waals surface area (Å²) in [6.07, 6.45) is 8.91. The number of nitrogens with two attached hydrogens (primary N) is 2. The first-order valence-corrected chi connectivity index (χ1v) is 23.3. The van der Waals surface area contributed by atoms with Crippen LogP contribution in [-0.2, 0) is 0 Å². The number of rotatable bonds is 21. The molecule has 16 nitrogen and oxygen atoms in total. The van der Waals surface area contributed by atoms with Gasteiger partial charge in [0.1, 0.15) is 11.5 Å². The van der Waals surface area contributed by atoms with Crippen molar-refractivity contribution in [3.8, 4) is 11.5 Å². The molecule has 0 atom stereocenters. The van der Waals surface area contributed by atoms with Crippen LogP contribution in [0.5, 0.6) is 11.5 Å². The third-order valence-electron chi connectivity index (χ3n) is 12.4. The molecule has 6 N–H and O–H groups in total. The number of carbonyl (C=O) groups excluding carboxylic acids is 6. The molecule has 0 unspecified atom stereocenters. The van der Waals surface area contributed by atoms with Crippen molar-refractivity contribution in [3.05, 3.63) is 190 Å². The van der Waals surface area contributed by atoms with Gasteiger partial charge in [-0.1, -0.05) is 49.9 Å². The zero-order valence-electron chi connectivity index (χ0n) is 41.5. The average Bonchev–Trinajstić information content (AvgIpc) is 3.82. The number of hydrogen-bond donors (Lipinski definition) is 4. The van der Waals surface area contributed by atoms with E-state index in [-0.39, 0.29) is 104 Å². The van der Waals surface area contributed by atoms with E-state index in [2.05, 4.69) is 10.6 Å². The monoisotopic (exact) mass is 1010 g/mol. The molecular formula is C56H50N6Na2O10. The molecule has 74 heavy (non-hydrogen) atoms. The van der Waals surface area contributed by atoms with E-state index >= 15 is 0 Å². The van der Waals surface area contributed by atoms with Crippen LogP contribution >= 0.6 is 0 Å². The van der Waals surface area contributed by atoms with E-state index in [4.69, 9.17) is 20.9 Å². The van der Waals surface area contributed by atoms with Gasteiger partial charge in [0.25, 0.3) is 11.8 Å². The second kappa shape index (κ2) is 25.2. The standard InChI is InChI=1S/C56H52N6O10.2Na/c1-33-47(45-19-7-9-25-61(45)49(33)51(63)35-21-23-43(57)41(31-35)55(67)68)59-53(65)37-15-13-17-39(29-37)71-27-11-5-3-4-6-12-28-72-40-18-14-16-38(30-40)54(66)60-48-34(2)50(62-26-10-8-20-46(48)62)52(64)36-22-24-44(58)42(32-36)56(69)70;;/h7-10,13-26,29-32H,3-6,11-12,27-28,57-58H2,1-2H3,(H,59,65)(H,60,66)(H,67,68)(H,69,70);;/q;2*+1/p-2. The van der Waals surface area contributed by atoms with Gasteiger partial charge in [0.15, 0.2) is 0 Å². The van der Waals surface area contributed by atoms with Crippen LogP contribution in [0, 0.1) is 13.8 Å². The SMILES string of the molecule is Cc1c(NC(=O)c2cccc(OCCCCCCCCOc3cccc(C(=O)Nc4c(C)c(C(=O)c5ccc(N)c(C(=O)[O-])c5)n5ccccc45)c3)c2)c2ccccn2c1C(=O)c1ccc(N)c(C(=O)[O-])c1.[Na+].[Na+]. The number of amides is 2. The van der Waals surface area contributed by atoms with Gasteiger partial charge in [-0.3, -0.25) is 19.2 Å². The number of aromatic nitrogens is 2. The summed E-state index contributed by atoms with van der Waals surface area (Å²) in [4.78, 5) is 78.0. The van der Waals surface area contributed by atoms with E-state index in [9.17, 15) is 39.0 Å². The van der Waals surface area contributed by atoms with Crippen LogP contribution in [0.3, 0.4) is 0 Å². The molecule has 0 aliphatic rings. The van der Waals surface area contributed by atoms with Crippen LogP contribution in [0.1, 0.15) is 123 Å². The minimum Gasteiger partial charge on any atom is -0.545 e. The van der Waals surface area contributed by atoms with Crippen LogP contribution in [-0.4, -0.2) is 57.3 Å². The van der Waals surface area contributed by atoms with Crippen LogP contribution in [0.2, 0.25) is 0 Å². The maximum absolute atomic E-state index is 13.8. The summed E-state index contributed by atoms with van der Waals surface area (Å²) >= 11 is 0. The third kappa shape index (κ3) is 12.4. The van der Waals surface area contributed by atoms with Crippen molar-refractivity contribution in [2.75, 3.05) is 35.3 Å². The fourth-order valence-corrected chi connectivity index (χ4v) is 8.68. The van der Waals surface area contributed by atoms with Crippen molar-refractivity contribution in [2.45, 2.75) is 52.4 Å². The summed E-state index contributed by atoms with van der Waals surface area (Å²) in [6.45, 7) is 4.37. The summed E-state index contributed by atoms with van der Waals surface area (Å²) in [5.74, 6) is -3.59. The average molecular weight is 1010 g/mol. The Hall–Kier alpha value is -7.18. The van der Waals surface area contributed by atoms with E-state index in [0.717, 1.165) is 38.5 Å². The Bertz CT molecular complexity index is 3210. The maximum atomic E-state index is 13.8. The molecule has 366 valence electrons. The number of carboxylic acids is 2. The normalized spacial score (nSPS) is 10.8. The number of anilines is 4. The smallest absolute Gasteiger partial charge is 0.545 e. The largest absolute Gasteiger partial charge is 1.00 e. The Balaban J connectivity index is 0.00000446. The first kappa shape index (κ1) is 56.1. The van der Waals surface area contributed by atoms with E-state index in [1.54, 1.807) is 120 Å². The molecule has 2 amide bonds. The van der Waals surface area contributed by atoms with Gasteiger partial charge in [0.2, 0.25) is 11.6 Å². The second-order valence-corrected chi connectivity index (χ2v) is 17.2. The number of benzene rings is 4. The van der Waals surface area contributed by atoms with Gasteiger partial charge in [-0.15, -0.1) is 0 Å². The van der Waals surface area contributed by atoms with Crippen LogP contribution in [0.25, 0.3) is 11.0 Å². The molecule has 4 aromatic carbocycles. The number of unbranched alkanes of at least 4 members (excludes halogenated alkanes) is 5. The van der Waals surface area contributed by atoms with E-state index < -0.39 is 35.3 Å². The zero-order valence-corrected chi connectivity index (χ0v) is 45.5. The number of carbonyl (C=O) groups is 6. The third-order valence-corrected chi connectivity index (χ3v) is 12.4. The van der Waals surface area contributed by atoms with Crippen LogP contribution in [0.4, 0.5) is 22.7 Å². The molecular weight excluding hydrogens is 963 g/mol. The van der Waals surface area contributed by atoms with Gasteiger partial charge in [-0.2, -0.15) is 0 Å². The van der Waals surface area contributed by atoms with E-state index in [0.29, 0.717) is 69.4 Å². The number of aromatic carboxylic acids is 2. The minimum absolute atomic E-state index is 0. The molecule has 8 aromatic rings. The van der Waals surface area contributed by atoms with Crippen molar-refractivity contribution in [1.29, 1.82) is 0 Å². The molecule has 0 fully saturated rings. The summed E-state index contributed by atoms with van der Waals surface area (Å²) in [5.41, 5.74) is 15.5. The fraction of sp³-hybridized carbons (Fsp3) is 0.179. The number of nitrogen functional groups attached to an aromatic ring is 2. The summed E-state index contributed by atoms with van der Waals surface area (Å²) < 4.78 is 15.3. The molecule has 0 saturated carbocycles.